The molecule has 0 aromatic heterocycles. The van der Waals surface area contributed by atoms with Crippen molar-refractivity contribution in [1.29, 1.82) is 5.26 Å². The van der Waals surface area contributed by atoms with Gasteiger partial charge in [0.1, 0.15) is 11.2 Å². The van der Waals surface area contributed by atoms with Gasteiger partial charge >= 0.3 is 0 Å². The summed E-state index contributed by atoms with van der Waals surface area (Å²) in [7, 11) is 1.56. The summed E-state index contributed by atoms with van der Waals surface area (Å²) in [6, 6.07) is 9.14. The van der Waals surface area contributed by atoms with Gasteiger partial charge in [-0.05, 0) is 37.0 Å². The summed E-state index contributed by atoms with van der Waals surface area (Å²) in [5.74, 6) is 0.369. The smallest absolute Gasteiger partial charge is 0.240 e. The zero-order valence-corrected chi connectivity index (χ0v) is 11.4. The average molecular weight is 274 g/mol. The third kappa shape index (κ3) is 2.75. The van der Waals surface area contributed by atoms with Crippen LogP contribution in [0.15, 0.2) is 24.3 Å². The Morgan fingerprint density at radius 1 is 1.60 bits per heavy atom. The lowest BCUT2D eigenvalue weighted by Gasteiger charge is -2.33. The topological polar surface area (TPSA) is 82.3 Å². The van der Waals surface area contributed by atoms with E-state index in [1.807, 2.05) is 0 Å². The molecule has 1 aromatic rings. The molecule has 1 fully saturated rings. The maximum atomic E-state index is 12.0. The highest BCUT2D eigenvalue weighted by Crippen LogP contribution is 2.40. The lowest BCUT2D eigenvalue weighted by atomic mass is 9.69. The van der Waals surface area contributed by atoms with Crippen LogP contribution >= 0.6 is 0 Å². The predicted molar refractivity (Wildman–Crippen MR) is 72.9 cm³/mol. The van der Waals surface area contributed by atoms with E-state index in [9.17, 15) is 9.90 Å². The van der Waals surface area contributed by atoms with Gasteiger partial charge in [0.15, 0.2) is 0 Å². The van der Waals surface area contributed by atoms with Crippen molar-refractivity contribution in [3.05, 3.63) is 29.8 Å². The first-order valence-corrected chi connectivity index (χ1v) is 6.63. The lowest BCUT2D eigenvalue weighted by molar-refractivity contribution is -0.132. The Morgan fingerprint density at radius 2 is 2.35 bits per heavy atom. The normalized spacial score (nSPS) is 17.4. The summed E-state index contributed by atoms with van der Waals surface area (Å²) in [5, 5.41) is 21.8. The molecule has 1 amide bonds. The molecule has 1 aliphatic carbocycles. The predicted octanol–water partition coefficient (Wildman–Crippen LogP) is 1.54. The summed E-state index contributed by atoms with van der Waals surface area (Å²) in [6.45, 7) is 0.0927. The molecule has 5 nitrogen and oxygen atoms in total. The second kappa shape index (κ2) is 5.93. The zero-order chi connectivity index (χ0) is 14.6. The highest BCUT2D eigenvalue weighted by Gasteiger charge is 2.44. The number of nitrogens with zero attached hydrogens (tertiary/aromatic N) is 1. The SMILES string of the molecule is COc1cccc(C(O)CNC(=O)C2(C#N)CCC2)c1. The fraction of sp³-hybridized carbons (Fsp3) is 0.467. The lowest BCUT2D eigenvalue weighted by Crippen LogP contribution is -2.45. The summed E-state index contributed by atoms with van der Waals surface area (Å²) in [4.78, 5) is 12.0. The van der Waals surface area contributed by atoms with Gasteiger partial charge in [0.2, 0.25) is 5.91 Å². The van der Waals surface area contributed by atoms with Crippen molar-refractivity contribution >= 4 is 5.91 Å². The number of aliphatic hydroxyl groups excluding tert-OH is 1. The standard InChI is InChI=1S/C15H18N2O3/c1-20-12-5-2-4-11(8-12)13(18)9-17-14(19)15(10-16)6-3-7-15/h2,4-5,8,13,18H,3,6-7,9H2,1H3,(H,17,19). The number of rotatable bonds is 5. The molecule has 2 rings (SSSR count). The molecule has 0 bridgehead atoms. The van der Waals surface area contributed by atoms with E-state index in [0.29, 0.717) is 24.2 Å². The molecule has 2 N–H and O–H groups in total. The van der Waals surface area contributed by atoms with Crippen LogP contribution < -0.4 is 10.1 Å². The Kier molecular flexibility index (Phi) is 4.26. The highest BCUT2D eigenvalue weighted by molar-refractivity contribution is 5.86. The van der Waals surface area contributed by atoms with E-state index >= 15 is 0 Å². The summed E-state index contributed by atoms with van der Waals surface area (Å²) >= 11 is 0. The quantitative estimate of drug-likeness (QED) is 0.853. The number of hydrogen-bond donors (Lipinski definition) is 2. The van der Waals surface area contributed by atoms with Crippen LogP contribution in [-0.4, -0.2) is 24.7 Å². The van der Waals surface area contributed by atoms with Gasteiger partial charge in [-0.25, -0.2) is 0 Å². The minimum atomic E-state index is -0.881. The van der Waals surface area contributed by atoms with Crippen molar-refractivity contribution < 1.29 is 14.6 Å². The second-order valence-corrected chi connectivity index (χ2v) is 5.05. The molecule has 106 valence electrons. The van der Waals surface area contributed by atoms with E-state index in [1.165, 1.54) is 0 Å². The van der Waals surface area contributed by atoms with Crippen molar-refractivity contribution in [3.8, 4) is 11.8 Å². The molecule has 0 spiro atoms. The monoisotopic (exact) mass is 274 g/mol. The van der Waals surface area contributed by atoms with Crippen LogP contribution in [0, 0.1) is 16.7 Å². The number of amides is 1. The van der Waals surface area contributed by atoms with Gasteiger partial charge in [0, 0.05) is 6.54 Å². The summed E-state index contributed by atoms with van der Waals surface area (Å²) in [6.07, 6.45) is 1.29. The van der Waals surface area contributed by atoms with Crippen molar-refractivity contribution in [2.75, 3.05) is 13.7 Å². The van der Waals surface area contributed by atoms with Crippen molar-refractivity contribution in [1.82, 2.24) is 5.32 Å². The number of carbonyl (C=O) groups excluding carboxylic acids is 1. The van der Waals surface area contributed by atoms with Crippen LogP contribution in [0.3, 0.4) is 0 Å². The van der Waals surface area contributed by atoms with E-state index < -0.39 is 11.5 Å². The maximum absolute atomic E-state index is 12.0. The Labute approximate surface area is 118 Å². The summed E-state index contributed by atoms with van der Waals surface area (Å²) < 4.78 is 5.09. The molecular formula is C15H18N2O3. The van der Waals surface area contributed by atoms with E-state index in [4.69, 9.17) is 10.00 Å². The number of nitrogens with one attached hydrogen (secondary N) is 1. The average Bonchev–Trinajstić information content (AvgIpc) is 2.44. The van der Waals surface area contributed by atoms with Gasteiger partial charge in [0.25, 0.3) is 0 Å². The first-order valence-electron chi connectivity index (χ1n) is 6.63. The number of carbonyl (C=O) groups is 1. The van der Waals surface area contributed by atoms with E-state index in [-0.39, 0.29) is 12.5 Å². The molecule has 0 radical (unpaired) electrons. The molecule has 0 heterocycles. The van der Waals surface area contributed by atoms with Gasteiger partial charge in [-0.15, -0.1) is 0 Å². The maximum Gasteiger partial charge on any atom is 0.240 e. The third-order valence-corrected chi connectivity index (χ3v) is 3.79. The first-order chi connectivity index (χ1) is 9.61. The van der Waals surface area contributed by atoms with Crippen LogP contribution in [0.5, 0.6) is 5.75 Å². The Balaban J connectivity index is 1.93. The highest BCUT2D eigenvalue weighted by atomic mass is 16.5. The van der Waals surface area contributed by atoms with Crippen LogP contribution in [0.25, 0.3) is 0 Å². The van der Waals surface area contributed by atoms with E-state index in [0.717, 1.165) is 6.42 Å². The van der Waals surface area contributed by atoms with Gasteiger partial charge in [-0.1, -0.05) is 12.1 Å². The number of nitriles is 1. The molecule has 5 heteroatoms. The summed E-state index contributed by atoms with van der Waals surface area (Å²) in [5.41, 5.74) is -0.210. The van der Waals surface area contributed by atoms with Crippen LogP contribution in [0.4, 0.5) is 0 Å². The van der Waals surface area contributed by atoms with E-state index in [1.54, 1.807) is 31.4 Å². The molecule has 1 saturated carbocycles. The van der Waals surface area contributed by atoms with Gasteiger partial charge in [-0.3, -0.25) is 4.79 Å². The minimum absolute atomic E-state index is 0.0927. The van der Waals surface area contributed by atoms with Crippen molar-refractivity contribution in [2.24, 2.45) is 5.41 Å². The molecule has 0 saturated heterocycles. The minimum Gasteiger partial charge on any atom is -0.497 e. The molecule has 1 aliphatic rings. The number of ether oxygens (including phenoxy) is 1. The number of benzene rings is 1. The van der Waals surface area contributed by atoms with Gasteiger partial charge < -0.3 is 15.2 Å². The molecule has 1 unspecified atom stereocenters. The van der Waals surface area contributed by atoms with Gasteiger partial charge in [-0.2, -0.15) is 5.26 Å². The Morgan fingerprint density at radius 3 is 2.90 bits per heavy atom. The molecule has 1 atom stereocenters. The van der Waals surface area contributed by atoms with Crippen LogP contribution in [-0.2, 0) is 4.79 Å². The largest absolute Gasteiger partial charge is 0.497 e. The fourth-order valence-corrected chi connectivity index (χ4v) is 2.25. The number of hydrogen-bond acceptors (Lipinski definition) is 4. The van der Waals surface area contributed by atoms with Crippen LogP contribution in [0.2, 0.25) is 0 Å². The van der Waals surface area contributed by atoms with Gasteiger partial charge in [0.05, 0.1) is 19.3 Å². The molecule has 1 aromatic carbocycles. The number of methoxy groups -OCH3 is 1. The Hall–Kier alpha value is -2.06. The van der Waals surface area contributed by atoms with Crippen LogP contribution in [0.1, 0.15) is 30.9 Å². The molecule has 0 aliphatic heterocycles. The van der Waals surface area contributed by atoms with Crippen molar-refractivity contribution in [2.45, 2.75) is 25.4 Å². The Bertz CT molecular complexity index is 532. The molecule has 20 heavy (non-hydrogen) atoms. The number of aliphatic hydroxyl groups is 1. The second-order valence-electron chi connectivity index (χ2n) is 5.05. The molecular weight excluding hydrogens is 256 g/mol. The van der Waals surface area contributed by atoms with Crippen molar-refractivity contribution in [3.63, 3.8) is 0 Å². The fourth-order valence-electron chi connectivity index (χ4n) is 2.25. The first kappa shape index (κ1) is 14.4. The third-order valence-electron chi connectivity index (χ3n) is 3.79. The van der Waals surface area contributed by atoms with E-state index in [2.05, 4.69) is 11.4 Å². The zero-order valence-electron chi connectivity index (χ0n) is 11.4.